The first-order valence-corrected chi connectivity index (χ1v) is 10.3. The Morgan fingerprint density at radius 2 is 1.94 bits per heavy atom. The first-order valence-electron chi connectivity index (χ1n) is 10.3. The van der Waals surface area contributed by atoms with Crippen molar-refractivity contribution in [1.82, 2.24) is 14.8 Å². The molecule has 0 saturated carbocycles. The lowest BCUT2D eigenvalue weighted by atomic mass is 10.1. The van der Waals surface area contributed by atoms with Crippen molar-refractivity contribution < 1.29 is 27.2 Å². The van der Waals surface area contributed by atoms with Gasteiger partial charge in [0.05, 0.1) is 24.7 Å². The van der Waals surface area contributed by atoms with Crippen molar-refractivity contribution in [2.24, 2.45) is 7.05 Å². The average Bonchev–Trinajstić information content (AvgIpc) is 3.47. The minimum atomic E-state index is -1.02. The molecule has 1 aromatic carbocycles. The van der Waals surface area contributed by atoms with Crippen LogP contribution in [0.25, 0.3) is 11.1 Å². The number of rotatable bonds is 8. The van der Waals surface area contributed by atoms with E-state index in [2.05, 4.69) is 5.32 Å². The third-order valence-corrected chi connectivity index (χ3v) is 5.21. The number of carbonyl (C=O) groups excluding carboxylic acids is 2. The first-order chi connectivity index (χ1) is 16.2. The molecule has 34 heavy (non-hydrogen) atoms. The molecule has 4 rings (SSSR count). The molecule has 3 heterocycles. The molecule has 10 heteroatoms. The summed E-state index contributed by atoms with van der Waals surface area (Å²) < 4.78 is 38.9. The van der Waals surface area contributed by atoms with Gasteiger partial charge < -0.3 is 18.7 Å². The Hall–Kier alpha value is -4.05. The summed E-state index contributed by atoms with van der Waals surface area (Å²) in [6, 6.07) is 8.04. The summed E-state index contributed by atoms with van der Waals surface area (Å²) in [6.07, 6.45) is 2.77. The Balaban J connectivity index is 1.49. The minimum absolute atomic E-state index is 0.0810. The maximum absolute atomic E-state index is 13.4. The summed E-state index contributed by atoms with van der Waals surface area (Å²) in [5, 5.41) is 2.75. The van der Waals surface area contributed by atoms with Crippen LogP contribution in [-0.2, 0) is 20.1 Å². The third kappa shape index (κ3) is 4.81. The number of ketones is 1. The van der Waals surface area contributed by atoms with E-state index in [9.17, 15) is 23.2 Å². The topological polar surface area (TPSA) is 97.7 Å². The molecule has 0 aliphatic carbocycles. The van der Waals surface area contributed by atoms with Gasteiger partial charge in [-0.25, -0.2) is 8.78 Å². The highest BCUT2D eigenvalue weighted by Gasteiger charge is 2.19. The molecular formula is C24H21F2N3O5. The number of halogens is 2. The predicted octanol–water partition coefficient (Wildman–Crippen LogP) is 3.25. The van der Waals surface area contributed by atoms with Crippen LogP contribution in [0.3, 0.4) is 0 Å². The molecule has 176 valence electrons. The number of hydrogen-bond acceptors (Lipinski definition) is 6. The van der Waals surface area contributed by atoms with E-state index in [0.717, 1.165) is 12.1 Å². The lowest BCUT2D eigenvalue weighted by molar-refractivity contribution is 0.0911. The third-order valence-electron chi connectivity index (χ3n) is 5.21. The Labute approximate surface area is 192 Å². The molecule has 0 saturated heterocycles. The first kappa shape index (κ1) is 23.1. The molecule has 1 N–H and O–H groups in total. The SMILES string of the molecule is CN(CC(=O)c1ccco1)Cc1cc2c(=O)c(C(=O)NCc3ccc(F)c(F)c3)cn(C)c2o1. The monoisotopic (exact) mass is 469 g/mol. The molecule has 0 fully saturated rings. The number of fused-ring (bicyclic) bond motifs is 1. The number of likely N-dealkylation sites (N-methyl/N-ethyl adjacent to an activating group) is 1. The molecule has 0 spiro atoms. The van der Waals surface area contributed by atoms with Gasteiger partial charge in [-0.2, -0.15) is 0 Å². The summed E-state index contributed by atoms with van der Waals surface area (Å²) in [6.45, 7) is 0.249. The van der Waals surface area contributed by atoms with Crippen molar-refractivity contribution in [1.29, 1.82) is 0 Å². The van der Waals surface area contributed by atoms with Gasteiger partial charge in [0.2, 0.25) is 16.9 Å². The number of pyridine rings is 1. The number of aryl methyl sites for hydroxylation is 1. The van der Waals surface area contributed by atoms with E-state index in [4.69, 9.17) is 8.83 Å². The zero-order valence-corrected chi connectivity index (χ0v) is 18.4. The largest absolute Gasteiger partial charge is 0.461 e. The fourth-order valence-corrected chi connectivity index (χ4v) is 3.56. The zero-order valence-electron chi connectivity index (χ0n) is 18.4. The predicted molar refractivity (Wildman–Crippen MR) is 118 cm³/mol. The van der Waals surface area contributed by atoms with E-state index in [1.165, 1.54) is 29.2 Å². The second-order valence-electron chi connectivity index (χ2n) is 7.92. The van der Waals surface area contributed by atoms with Crippen molar-refractivity contribution in [2.45, 2.75) is 13.1 Å². The van der Waals surface area contributed by atoms with Gasteiger partial charge in [-0.1, -0.05) is 6.07 Å². The molecule has 3 aromatic heterocycles. The highest BCUT2D eigenvalue weighted by Crippen LogP contribution is 2.18. The van der Waals surface area contributed by atoms with Crippen LogP contribution in [0.2, 0.25) is 0 Å². The van der Waals surface area contributed by atoms with Gasteiger partial charge in [0.1, 0.15) is 11.3 Å². The van der Waals surface area contributed by atoms with Crippen LogP contribution >= 0.6 is 0 Å². The summed E-state index contributed by atoms with van der Waals surface area (Å²) >= 11 is 0. The van der Waals surface area contributed by atoms with Crippen molar-refractivity contribution in [3.05, 3.63) is 93.4 Å². The van der Waals surface area contributed by atoms with Crippen molar-refractivity contribution in [2.75, 3.05) is 13.6 Å². The average molecular weight is 469 g/mol. The molecule has 1 amide bonds. The lowest BCUT2D eigenvalue weighted by Crippen LogP contribution is -2.29. The van der Waals surface area contributed by atoms with Gasteiger partial charge in [0.15, 0.2) is 17.4 Å². The summed E-state index contributed by atoms with van der Waals surface area (Å²) in [5.41, 5.74) is -0.0164. The number of nitrogens with zero attached hydrogens (tertiary/aromatic N) is 2. The molecule has 0 bridgehead atoms. The number of benzene rings is 1. The molecule has 0 unspecified atom stereocenters. The number of amides is 1. The highest BCUT2D eigenvalue weighted by molar-refractivity contribution is 5.97. The van der Waals surface area contributed by atoms with Gasteiger partial charge in [0.25, 0.3) is 5.91 Å². The Morgan fingerprint density at radius 3 is 2.65 bits per heavy atom. The molecular weight excluding hydrogens is 448 g/mol. The molecule has 4 aromatic rings. The van der Waals surface area contributed by atoms with Gasteiger partial charge in [-0.15, -0.1) is 0 Å². The molecule has 0 aliphatic rings. The lowest BCUT2D eigenvalue weighted by Gasteiger charge is -2.12. The van der Waals surface area contributed by atoms with E-state index in [1.807, 2.05) is 0 Å². The highest BCUT2D eigenvalue weighted by atomic mass is 19.2. The van der Waals surface area contributed by atoms with Crippen LogP contribution in [0.15, 0.2) is 62.5 Å². The maximum Gasteiger partial charge on any atom is 0.257 e. The molecule has 8 nitrogen and oxygen atoms in total. The Kier molecular flexibility index (Phi) is 6.42. The van der Waals surface area contributed by atoms with E-state index < -0.39 is 23.0 Å². The van der Waals surface area contributed by atoms with E-state index in [1.54, 1.807) is 31.1 Å². The number of aromatic nitrogens is 1. The second kappa shape index (κ2) is 9.44. The molecule has 0 aliphatic heterocycles. The fourth-order valence-electron chi connectivity index (χ4n) is 3.56. The van der Waals surface area contributed by atoms with Crippen molar-refractivity contribution in [3.8, 4) is 0 Å². The van der Waals surface area contributed by atoms with Crippen LogP contribution in [0.5, 0.6) is 0 Å². The van der Waals surface area contributed by atoms with Crippen molar-refractivity contribution >= 4 is 22.8 Å². The number of hydrogen-bond donors (Lipinski definition) is 1. The van der Waals surface area contributed by atoms with Gasteiger partial charge >= 0.3 is 0 Å². The summed E-state index contributed by atoms with van der Waals surface area (Å²) in [4.78, 5) is 39.5. The fraction of sp³-hybridized carbons (Fsp3) is 0.208. The van der Waals surface area contributed by atoms with E-state index in [0.29, 0.717) is 11.3 Å². The van der Waals surface area contributed by atoms with Crippen LogP contribution in [0.4, 0.5) is 8.78 Å². The summed E-state index contributed by atoms with van der Waals surface area (Å²) in [5.74, 6) is -2.16. The zero-order chi connectivity index (χ0) is 24.4. The quantitative estimate of drug-likeness (QED) is 0.398. The number of furan rings is 2. The molecule has 0 radical (unpaired) electrons. The van der Waals surface area contributed by atoms with Gasteiger partial charge in [-0.05, 0) is 42.9 Å². The van der Waals surface area contributed by atoms with Crippen molar-refractivity contribution in [3.63, 3.8) is 0 Å². The van der Waals surface area contributed by atoms with Crippen LogP contribution in [-0.4, -0.2) is 34.7 Å². The van der Waals surface area contributed by atoms with E-state index >= 15 is 0 Å². The number of nitrogens with one attached hydrogen (secondary N) is 1. The van der Waals surface area contributed by atoms with Gasteiger partial charge in [0, 0.05) is 19.8 Å². The van der Waals surface area contributed by atoms with Gasteiger partial charge in [-0.3, -0.25) is 19.3 Å². The number of Topliss-reactive ketones (excluding diaryl/α,β-unsaturated/α-hetero) is 1. The Bertz CT molecular complexity index is 1420. The van der Waals surface area contributed by atoms with Crippen LogP contribution in [0, 0.1) is 11.6 Å². The second-order valence-corrected chi connectivity index (χ2v) is 7.92. The smallest absolute Gasteiger partial charge is 0.257 e. The van der Waals surface area contributed by atoms with E-state index in [-0.39, 0.29) is 47.8 Å². The number of carbonyl (C=O) groups is 2. The minimum Gasteiger partial charge on any atom is -0.461 e. The van der Waals surface area contributed by atoms with Crippen LogP contribution < -0.4 is 10.7 Å². The van der Waals surface area contributed by atoms with Crippen LogP contribution in [0.1, 0.15) is 32.2 Å². The maximum atomic E-state index is 13.4. The molecule has 0 atom stereocenters. The standard InChI is InChI=1S/C24H21F2N3O5/c1-28(13-20(30)21-4-3-7-33-21)11-15-9-16-22(31)17(12-29(2)24(16)34-15)23(32)27-10-14-5-6-18(25)19(26)8-14/h3-9,12H,10-11,13H2,1-2H3,(H,27,32). The normalized spacial score (nSPS) is 11.3. The Morgan fingerprint density at radius 1 is 1.15 bits per heavy atom. The summed E-state index contributed by atoms with van der Waals surface area (Å²) in [7, 11) is 3.36.